The molecule has 0 bridgehead atoms. The fourth-order valence-electron chi connectivity index (χ4n) is 3.37. The second-order valence-corrected chi connectivity index (χ2v) is 6.54. The minimum absolute atomic E-state index is 0.616. The second kappa shape index (κ2) is 6.85. The number of aliphatic hydroxyl groups excluding tert-OH is 1. The summed E-state index contributed by atoms with van der Waals surface area (Å²) in [7, 11) is 1.88. The molecule has 132 valence electrons. The fraction of sp³-hybridized carbons (Fsp3) is 0.444. The lowest BCUT2D eigenvalue weighted by Gasteiger charge is -2.27. The van der Waals surface area contributed by atoms with Gasteiger partial charge in [-0.3, -0.25) is 9.58 Å². The summed E-state index contributed by atoms with van der Waals surface area (Å²) in [5.74, 6) is 1.66. The van der Waals surface area contributed by atoms with Crippen LogP contribution < -0.4 is 0 Å². The number of fused-ring (bicyclic) bond motifs is 1. The van der Waals surface area contributed by atoms with Crippen LogP contribution in [0.1, 0.15) is 35.5 Å². The normalized spacial score (nSPS) is 16.1. The lowest BCUT2D eigenvalue weighted by Crippen LogP contribution is -2.34. The number of imidazole rings is 1. The van der Waals surface area contributed by atoms with Gasteiger partial charge in [-0.05, 0) is 31.2 Å². The first-order valence-corrected chi connectivity index (χ1v) is 8.67. The van der Waals surface area contributed by atoms with E-state index in [0.717, 1.165) is 50.5 Å². The van der Waals surface area contributed by atoms with Gasteiger partial charge in [0.2, 0.25) is 0 Å². The lowest BCUT2D eigenvalue weighted by molar-refractivity contribution is 0.196. The highest BCUT2D eigenvalue weighted by atomic mass is 16.3. The Morgan fingerprint density at radius 2 is 2.28 bits per heavy atom. The molecule has 1 aliphatic rings. The van der Waals surface area contributed by atoms with Crippen LogP contribution in [0.15, 0.2) is 41.3 Å². The fourth-order valence-corrected chi connectivity index (χ4v) is 3.37. The summed E-state index contributed by atoms with van der Waals surface area (Å²) in [6.07, 6.45) is 6.50. The standard InChI is InChI=1S/C18H23N5O2/c1-21-8-6-19-18(21)17(24)16-12-14-13-22(9-10-23(14)20-16)7-2-4-15-5-3-11-25-15/h3,5-6,8,11-12,17,24H,2,4,7,9-10,13H2,1H3/t17-/m0/s1. The molecule has 0 aliphatic carbocycles. The van der Waals surface area contributed by atoms with E-state index in [2.05, 4.69) is 15.0 Å². The quantitative estimate of drug-likeness (QED) is 0.739. The summed E-state index contributed by atoms with van der Waals surface area (Å²) in [6.45, 7) is 3.72. The van der Waals surface area contributed by atoms with Gasteiger partial charge in [0.25, 0.3) is 0 Å². The zero-order chi connectivity index (χ0) is 17.2. The van der Waals surface area contributed by atoms with Crippen molar-refractivity contribution in [1.29, 1.82) is 0 Å². The van der Waals surface area contributed by atoms with Crippen molar-refractivity contribution in [3.63, 3.8) is 0 Å². The number of hydrogen-bond acceptors (Lipinski definition) is 5. The molecule has 1 aliphatic heterocycles. The molecule has 3 aromatic heterocycles. The van der Waals surface area contributed by atoms with E-state index in [9.17, 15) is 5.11 Å². The van der Waals surface area contributed by atoms with Gasteiger partial charge in [0, 0.05) is 39.0 Å². The van der Waals surface area contributed by atoms with E-state index >= 15 is 0 Å². The highest BCUT2D eigenvalue weighted by Crippen LogP contribution is 2.22. The predicted octanol–water partition coefficient (Wildman–Crippen LogP) is 1.74. The topological polar surface area (TPSA) is 72.2 Å². The Morgan fingerprint density at radius 1 is 1.36 bits per heavy atom. The van der Waals surface area contributed by atoms with Crippen molar-refractivity contribution in [3.8, 4) is 0 Å². The van der Waals surface area contributed by atoms with Crippen LogP contribution in [0.25, 0.3) is 0 Å². The Kier molecular flexibility index (Phi) is 4.42. The Balaban J connectivity index is 1.38. The molecule has 0 fully saturated rings. The summed E-state index contributed by atoms with van der Waals surface area (Å²) < 4.78 is 9.21. The van der Waals surface area contributed by atoms with Gasteiger partial charge in [-0.2, -0.15) is 5.10 Å². The molecule has 0 aromatic carbocycles. The highest BCUT2D eigenvalue weighted by Gasteiger charge is 2.23. The largest absolute Gasteiger partial charge is 0.469 e. The monoisotopic (exact) mass is 341 g/mol. The van der Waals surface area contributed by atoms with Crippen molar-refractivity contribution >= 4 is 0 Å². The third kappa shape index (κ3) is 3.38. The Bertz CT molecular complexity index is 821. The van der Waals surface area contributed by atoms with Crippen LogP contribution in [0, 0.1) is 0 Å². The highest BCUT2D eigenvalue weighted by molar-refractivity contribution is 5.19. The summed E-state index contributed by atoms with van der Waals surface area (Å²) in [5.41, 5.74) is 1.81. The van der Waals surface area contributed by atoms with E-state index < -0.39 is 6.10 Å². The molecular formula is C18H23N5O2. The third-order valence-electron chi connectivity index (χ3n) is 4.76. The van der Waals surface area contributed by atoms with Crippen LogP contribution in [-0.4, -0.2) is 42.4 Å². The van der Waals surface area contributed by atoms with Crippen molar-refractivity contribution in [2.75, 3.05) is 13.1 Å². The summed E-state index contributed by atoms with van der Waals surface area (Å²) >= 11 is 0. The molecule has 3 aromatic rings. The van der Waals surface area contributed by atoms with Crippen molar-refractivity contribution in [3.05, 3.63) is 59.8 Å². The first-order chi connectivity index (χ1) is 12.2. The van der Waals surface area contributed by atoms with Crippen LogP contribution in [0.2, 0.25) is 0 Å². The van der Waals surface area contributed by atoms with Crippen molar-refractivity contribution in [1.82, 2.24) is 24.2 Å². The van der Waals surface area contributed by atoms with Crippen molar-refractivity contribution in [2.45, 2.75) is 32.0 Å². The molecule has 1 atom stereocenters. The maximum Gasteiger partial charge on any atom is 0.155 e. The second-order valence-electron chi connectivity index (χ2n) is 6.54. The number of furan rings is 1. The van der Waals surface area contributed by atoms with Crippen LogP contribution in [-0.2, 0) is 26.6 Å². The number of aryl methyl sites for hydroxylation is 2. The molecule has 0 radical (unpaired) electrons. The number of hydrogen-bond donors (Lipinski definition) is 1. The van der Waals surface area contributed by atoms with Crippen LogP contribution in [0.3, 0.4) is 0 Å². The van der Waals surface area contributed by atoms with Crippen molar-refractivity contribution < 1.29 is 9.52 Å². The van der Waals surface area contributed by atoms with Gasteiger partial charge in [0.1, 0.15) is 11.6 Å². The molecule has 4 rings (SSSR count). The SMILES string of the molecule is Cn1ccnc1[C@@H](O)c1cc2n(n1)CCN(CCCc1ccco1)C2. The molecular weight excluding hydrogens is 318 g/mol. The number of aliphatic hydroxyl groups is 1. The molecule has 0 spiro atoms. The van der Waals surface area contributed by atoms with Gasteiger partial charge in [-0.15, -0.1) is 0 Å². The Morgan fingerprint density at radius 3 is 3.04 bits per heavy atom. The maximum atomic E-state index is 10.5. The maximum absolute atomic E-state index is 10.5. The van der Waals surface area contributed by atoms with Crippen LogP contribution in [0.5, 0.6) is 0 Å². The van der Waals surface area contributed by atoms with Gasteiger partial charge in [-0.25, -0.2) is 4.98 Å². The smallest absolute Gasteiger partial charge is 0.155 e. The Labute approximate surface area is 146 Å². The summed E-state index contributed by atoms with van der Waals surface area (Å²) in [5, 5.41) is 15.1. The zero-order valence-electron chi connectivity index (χ0n) is 14.4. The molecule has 25 heavy (non-hydrogen) atoms. The molecule has 1 N–H and O–H groups in total. The average molecular weight is 341 g/mol. The van der Waals surface area contributed by atoms with E-state index in [1.165, 1.54) is 0 Å². The molecule has 0 amide bonds. The van der Waals surface area contributed by atoms with Crippen molar-refractivity contribution in [2.24, 2.45) is 7.05 Å². The zero-order valence-corrected chi connectivity index (χ0v) is 14.4. The van der Waals surface area contributed by atoms with Gasteiger partial charge in [0.05, 0.1) is 24.2 Å². The molecule has 7 nitrogen and oxygen atoms in total. The lowest BCUT2D eigenvalue weighted by atomic mass is 10.2. The van der Waals surface area contributed by atoms with E-state index in [1.807, 2.05) is 40.7 Å². The summed E-state index contributed by atoms with van der Waals surface area (Å²) in [4.78, 5) is 6.65. The van der Waals surface area contributed by atoms with Crippen LogP contribution in [0.4, 0.5) is 0 Å². The van der Waals surface area contributed by atoms with E-state index in [1.54, 1.807) is 12.5 Å². The number of aromatic nitrogens is 4. The summed E-state index contributed by atoms with van der Waals surface area (Å²) in [6, 6.07) is 5.96. The Hall–Kier alpha value is -2.38. The van der Waals surface area contributed by atoms with Gasteiger partial charge in [-0.1, -0.05) is 0 Å². The minimum Gasteiger partial charge on any atom is -0.469 e. The molecule has 0 saturated carbocycles. The first kappa shape index (κ1) is 16.1. The van der Waals surface area contributed by atoms with Gasteiger partial charge in [0.15, 0.2) is 6.10 Å². The minimum atomic E-state index is -0.787. The number of rotatable bonds is 6. The molecule has 4 heterocycles. The van der Waals surface area contributed by atoms with Gasteiger partial charge >= 0.3 is 0 Å². The van der Waals surface area contributed by atoms with Gasteiger partial charge < -0.3 is 14.1 Å². The van der Waals surface area contributed by atoms with E-state index in [4.69, 9.17) is 4.42 Å². The average Bonchev–Trinajstić information content (AvgIpc) is 3.34. The molecule has 0 saturated heterocycles. The molecule has 7 heteroatoms. The third-order valence-corrected chi connectivity index (χ3v) is 4.76. The molecule has 0 unspecified atom stereocenters. The van der Waals surface area contributed by atoms with E-state index in [0.29, 0.717) is 11.5 Å². The number of nitrogens with zero attached hydrogens (tertiary/aromatic N) is 5. The predicted molar refractivity (Wildman–Crippen MR) is 91.8 cm³/mol. The van der Waals surface area contributed by atoms with Crippen LogP contribution >= 0.6 is 0 Å². The first-order valence-electron chi connectivity index (χ1n) is 8.67. The van der Waals surface area contributed by atoms with E-state index in [-0.39, 0.29) is 0 Å².